The molecule has 0 heterocycles. The lowest BCUT2D eigenvalue weighted by Crippen LogP contribution is -2.53. The average Bonchev–Trinajstić information content (AvgIpc) is 3.38. The number of aliphatic hydroxyl groups excluding tert-OH is 4. The number of unbranched alkanes of at least 4 members (excludes halogenated alkanes) is 50. The van der Waals surface area contributed by atoms with E-state index in [0.29, 0.717) is 12.8 Å². The van der Waals surface area contributed by atoms with Gasteiger partial charge in [-0.05, 0) is 38.5 Å². The topological polar surface area (TPSA) is 110 Å². The van der Waals surface area contributed by atoms with Crippen LogP contribution in [0.5, 0.6) is 0 Å². The molecule has 0 aliphatic carbocycles. The standard InChI is InChI=1S/C65H129NO5/c1-3-5-7-9-11-13-15-17-19-21-23-25-27-29-30-31-32-33-34-35-37-39-41-43-45-47-49-51-53-55-57-59-63(69)65(71)66-61(60-67)64(70)62(68)58-56-54-52-50-48-46-44-42-40-38-36-28-26-24-22-20-18-16-14-12-10-8-6-4-2/h29-30,61-64,67-70H,3-28,31-60H2,1-2H3,(H,66,71)/b30-29-. The summed E-state index contributed by atoms with van der Waals surface area (Å²) in [5.74, 6) is -0.576. The maximum Gasteiger partial charge on any atom is 0.249 e. The first-order valence-corrected chi connectivity index (χ1v) is 32.6. The Labute approximate surface area is 444 Å². The van der Waals surface area contributed by atoms with E-state index in [-0.39, 0.29) is 0 Å². The van der Waals surface area contributed by atoms with Gasteiger partial charge in [0.05, 0.1) is 18.8 Å². The number of aliphatic hydroxyl groups is 4. The van der Waals surface area contributed by atoms with Crippen molar-refractivity contribution in [2.75, 3.05) is 6.61 Å². The molecule has 0 aromatic rings. The molecule has 0 spiro atoms. The number of allylic oxidation sites excluding steroid dienone is 2. The van der Waals surface area contributed by atoms with Gasteiger partial charge in [0, 0.05) is 0 Å². The molecule has 71 heavy (non-hydrogen) atoms. The predicted octanol–water partition coefficient (Wildman–Crippen LogP) is 19.6. The van der Waals surface area contributed by atoms with Crippen LogP contribution in [0.15, 0.2) is 12.2 Å². The lowest BCUT2D eigenvalue weighted by Gasteiger charge is -2.27. The molecular formula is C65H129NO5. The largest absolute Gasteiger partial charge is 0.394 e. The van der Waals surface area contributed by atoms with E-state index in [4.69, 9.17) is 0 Å². The van der Waals surface area contributed by atoms with Crippen molar-refractivity contribution in [3.8, 4) is 0 Å². The molecular weight excluding hydrogens is 875 g/mol. The molecule has 0 aromatic carbocycles. The van der Waals surface area contributed by atoms with Gasteiger partial charge in [0.2, 0.25) is 5.91 Å². The maximum absolute atomic E-state index is 12.6. The zero-order chi connectivity index (χ0) is 51.6. The molecule has 6 nitrogen and oxygen atoms in total. The Hall–Kier alpha value is -0.950. The number of carbonyl (C=O) groups excluding carboxylic acids is 1. The second kappa shape index (κ2) is 59.9. The van der Waals surface area contributed by atoms with Crippen molar-refractivity contribution >= 4 is 5.91 Å². The monoisotopic (exact) mass is 1000 g/mol. The Kier molecular flexibility index (Phi) is 59.1. The quantitative estimate of drug-likeness (QED) is 0.0308. The third kappa shape index (κ3) is 53.7. The molecule has 0 saturated carbocycles. The minimum Gasteiger partial charge on any atom is -0.394 e. The van der Waals surface area contributed by atoms with E-state index < -0.39 is 36.9 Å². The van der Waals surface area contributed by atoms with Crippen molar-refractivity contribution in [1.29, 1.82) is 0 Å². The van der Waals surface area contributed by atoms with E-state index in [0.717, 1.165) is 38.5 Å². The first-order valence-electron chi connectivity index (χ1n) is 32.6. The summed E-state index contributed by atoms with van der Waals surface area (Å²) in [5.41, 5.74) is 0. The molecule has 424 valence electrons. The van der Waals surface area contributed by atoms with Crippen LogP contribution in [-0.2, 0) is 4.79 Å². The van der Waals surface area contributed by atoms with Crippen molar-refractivity contribution in [1.82, 2.24) is 5.32 Å². The molecule has 0 bridgehead atoms. The molecule has 4 unspecified atom stereocenters. The maximum atomic E-state index is 12.6. The summed E-state index contributed by atoms with van der Waals surface area (Å²) in [7, 11) is 0. The second-order valence-corrected chi connectivity index (χ2v) is 22.8. The molecule has 5 N–H and O–H groups in total. The summed E-state index contributed by atoms with van der Waals surface area (Å²) in [4.78, 5) is 12.6. The van der Waals surface area contributed by atoms with Crippen LogP contribution in [-0.4, -0.2) is 57.3 Å². The minimum absolute atomic E-state index is 0.374. The predicted molar refractivity (Wildman–Crippen MR) is 311 cm³/mol. The van der Waals surface area contributed by atoms with Crippen LogP contribution in [0.1, 0.15) is 367 Å². The van der Waals surface area contributed by atoms with Crippen molar-refractivity contribution < 1.29 is 25.2 Å². The third-order valence-corrected chi connectivity index (χ3v) is 15.7. The number of nitrogens with one attached hydrogen (secondary N) is 1. The Balaban J connectivity index is 3.54. The van der Waals surface area contributed by atoms with Crippen molar-refractivity contribution in [3.05, 3.63) is 12.2 Å². The average molecular weight is 1000 g/mol. The fourth-order valence-electron chi connectivity index (χ4n) is 10.6. The van der Waals surface area contributed by atoms with E-state index in [1.165, 1.54) is 302 Å². The number of hydrogen-bond donors (Lipinski definition) is 5. The highest BCUT2D eigenvalue weighted by Crippen LogP contribution is 2.19. The smallest absolute Gasteiger partial charge is 0.249 e. The van der Waals surface area contributed by atoms with E-state index >= 15 is 0 Å². The van der Waals surface area contributed by atoms with Crippen molar-refractivity contribution in [2.24, 2.45) is 0 Å². The number of rotatable bonds is 61. The molecule has 0 fully saturated rings. The molecule has 0 aliphatic rings. The van der Waals surface area contributed by atoms with Crippen molar-refractivity contribution in [2.45, 2.75) is 391 Å². The zero-order valence-electron chi connectivity index (χ0n) is 48.3. The second-order valence-electron chi connectivity index (χ2n) is 22.8. The molecule has 6 heteroatoms. The lowest BCUT2D eigenvalue weighted by atomic mass is 9.99. The summed E-state index contributed by atoms with van der Waals surface area (Å²) >= 11 is 0. The van der Waals surface area contributed by atoms with Crippen LogP contribution >= 0.6 is 0 Å². The van der Waals surface area contributed by atoms with Gasteiger partial charge < -0.3 is 25.7 Å². The highest BCUT2D eigenvalue weighted by molar-refractivity contribution is 5.80. The molecule has 0 radical (unpaired) electrons. The summed E-state index contributed by atoms with van der Waals surface area (Å²) < 4.78 is 0. The van der Waals surface area contributed by atoms with Gasteiger partial charge in [-0.1, -0.05) is 341 Å². The fourth-order valence-corrected chi connectivity index (χ4v) is 10.6. The van der Waals surface area contributed by atoms with Crippen LogP contribution < -0.4 is 5.32 Å². The van der Waals surface area contributed by atoms with Gasteiger partial charge in [-0.3, -0.25) is 4.79 Å². The normalized spacial score (nSPS) is 13.6. The number of hydrogen-bond acceptors (Lipinski definition) is 5. The van der Waals surface area contributed by atoms with Crippen LogP contribution in [0.3, 0.4) is 0 Å². The van der Waals surface area contributed by atoms with Crippen LogP contribution in [0.4, 0.5) is 0 Å². The first kappa shape index (κ1) is 70.1. The highest BCUT2D eigenvalue weighted by Gasteiger charge is 2.28. The third-order valence-electron chi connectivity index (χ3n) is 15.7. The van der Waals surface area contributed by atoms with Crippen molar-refractivity contribution in [3.63, 3.8) is 0 Å². The van der Waals surface area contributed by atoms with Gasteiger partial charge in [-0.15, -0.1) is 0 Å². The van der Waals surface area contributed by atoms with Gasteiger partial charge in [0.15, 0.2) is 0 Å². The molecule has 0 aromatic heterocycles. The Morgan fingerprint density at radius 1 is 0.338 bits per heavy atom. The number of carbonyl (C=O) groups is 1. The zero-order valence-corrected chi connectivity index (χ0v) is 48.3. The van der Waals surface area contributed by atoms with Gasteiger partial charge in [-0.2, -0.15) is 0 Å². The van der Waals surface area contributed by atoms with E-state index in [1.54, 1.807) is 0 Å². The molecule has 1 amide bonds. The fraction of sp³-hybridized carbons (Fsp3) is 0.954. The van der Waals surface area contributed by atoms with Gasteiger partial charge in [-0.25, -0.2) is 0 Å². The van der Waals surface area contributed by atoms with E-state index in [9.17, 15) is 25.2 Å². The van der Waals surface area contributed by atoms with Gasteiger partial charge in [0.1, 0.15) is 12.2 Å². The van der Waals surface area contributed by atoms with E-state index in [1.807, 2.05) is 0 Å². The Bertz CT molecular complexity index is 1040. The SMILES string of the molecule is CCCCCCCCCCCCCC/C=C\CCCCCCCCCCCCCCCCCC(O)C(=O)NC(CO)C(O)C(O)CCCCCCCCCCCCCCCCCCCCCCCCCC. The van der Waals surface area contributed by atoms with Gasteiger partial charge in [0.25, 0.3) is 0 Å². The van der Waals surface area contributed by atoms with Crippen LogP contribution in [0, 0.1) is 0 Å². The summed E-state index contributed by atoms with van der Waals surface area (Å²) in [6, 6.07) is -0.984. The first-order chi connectivity index (χ1) is 35.0. The molecule has 0 rings (SSSR count). The molecule has 4 atom stereocenters. The summed E-state index contributed by atoms with van der Waals surface area (Å²) in [6.07, 6.45) is 73.1. The van der Waals surface area contributed by atoms with E-state index in [2.05, 4.69) is 31.3 Å². The summed E-state index contributed by atoms with van der Waals surface area (Å²) in [5, 5.41) is 44.2. The van der Waals surface area contributed by atoms with Crippen LogP contribution in [0.25, 0.3) is 0 Å². The lowest BCUT2D eigenvalue weighted by molar-refractivity contribution is -0.132. The molecule has 0 saturated heterocycles. The summed E-state index contributed by atoms with van der Waals surface area (Å²) in [6.45, 7) is 4.11. The Morgan fingerprint density at radius 3 is 0.817 bits per heavy atom. The molecule has 0 aliphatic heterocycles. The van der Waals surface area contributed by atoms with Gasteiger partial charge >= 0.3 is 0 Å². The van der Waals surface area contributed by atoms with Crippen LogP contribution in [0.2, 0.25) is 0 Å². The highest BCUT2D eigenvalue weighted by atomic mass is 16.3. The number of amides is 1. The minimum atomic E-state index is -1.26. The Morgan fingerprint density at radius 2 is 0.563 bits per heavy atom.